The highest BCUT2D eigenvalue weighted by atomic mass is 32.2. The van der Waals surface area contributed by atoms with Gasteiger partial charge in [0.15, 0.2) is 0 Å². The zero-order valence-corrected chi connectivity index (χ0v) is 14.1. The molecule has 3 heteroatoms. The minimum absolute atomic E-state index is 0.478. The predicted molar refractivity (Wildman–Crippen MR) is 89.6 cm³/mol. The molecular weight excluding hydrogens is 264 g/mol. The van der Waals surface area contributed by atoms with Crippen LogP contribution in [0.4, 0.5) is 0 Å². The summed E-state index contributed by atoms with van der Waals surface area (Å²) in [6, 6.07) is 0. The van der Waals surface area contributed by atoms with E-state index >= 15 is 0 Å². The van der Waals surface area contributed by atoms with Gasteiger partial charge in [-0.15, -0.1) is 0 Å². The number of thioether (sulfide) groups is 1. The van der Waals surface area contributed by atoms with E-state index in [0.29, 0.717) is 11.1 Å². The third-order valence-corrected chi connectivity index (χ3v) is 6.78. The van der Waals surface area contributed by atoms with Crippen LogP contribution in [0, 0.1) is 0 Å². The minimum Gasteiger partial charge on any atom is -0.308 e. The van der Waals surface area contributed by atoms with Crippen molar-refractivity contribution < 1.29 is 0 Å². The molecule has 2 nitrogen and oxygen atoms in total. The SMILES string of the molecule is CSCCCN1CC2(CCCCC2)NCC12CCCC2. The predicted octanol–water partition coefficient (Wildman–Crippen LogP) is 3.66. The fourth-order valence-corrected chi connectivity index (χ4v) is 5.28. The molecule has 0 unspecified atom stereocenters. The van der Waals surface area contributed by atoms with Crippen LogP contribution in [0.3, 0.4) is 0 Å². The highest BCUT2D eigenvalue weighted by Crippen LogP contribution is 2.41. The molecule has 0 aromatic heterocycles. The summed E-state index contributed by atoms with van der Waals surface area (Å²) in [6.07, 6.45) is 16.6. The minimum atomic E-state index is 0.478. The van der Waals surface area contributed by atoms with Gasteiger partial charge in [-0.1, -0.05) is 32.1 Å². The lowest BCUT2D eigenvalue weighted by molar-refractivity contribution is -0.00554. The monoisotopic (exact) mass is 296 g/mol. The van der Waals surface area contributed by atoms with Crippen molar-refractivity contribution in [2.24, 2.45) is 0 Å². The maximum absolute atomic E-state index is 4.04. The van der Waals surface area contributed by atoms with Crippen LogP contribution in [0.5, 0.6) is 0 Å². The number of hydrogen-bond donors (Lipinski definition) is 1. The zero-order chi connectivity index (χ0) is 13.9. The molecule has 0 aromatic rings. The summed E-state index contributed by atoms with van der Waals surface area (Å²) in [7, 11) is 0. The largest absolute Gasteiger partial charge is 0.308 e. The first-order valence-corrected chi connectivity index (χ1v) is 10.2. The number of hydrogen-bond acceptors (Lipinski definition) is 3. The van der Waals surface area contributed by atoms with Gasteiger partial charge >= 0.3 is 0 Å². The van der Waals surface area contributed by atoms with Gasteiger partial charge in [0.25, 0.3) is 0 Å². The second-order valence-electron chi connectivity index (χ2n) is 7.39. The standard InChI is InChI=1S/C17H32N2S/c1-20-13-7-12-19-15-16(8-3-2-4-9-16)18-14-17(19)10-5-6-11-17/h18H,2-15H2,1H3. The van der Waals surface area contributed by atoms with E-state index in [1.807, 2.05) is 11.8 Å². The molecule has 2 spiro atoms. The summed E-state index contributed by atoms with van der Waals surface area (Å²) < 4.78 is 0. The van der Waals surface area contributed by atoms with E-state index in [4.69, 9.17) is 0 Å². The van der Waals surface area contributed by atoms with Gasteiger partial charge in [0.2, 0.25) is 0 Å². The molecule has 1 aliphatic heterocycles. The van der Waals surface area contributed by atoms with Crippen LogP contribution in [-0.2, 0) is 0 Å². The Kier molecular flexibility index (Phi) is 4.99. The molecule has 2 aliphatic carbocycles. The molecule has 0 aromatic carbocycles. The topological polar surface area (TPSA) is 15.3 Å². The fourth-order valence-electron chi connectivity index (χ4n) is 4.86. The maximum atomic E-state index is 4.04. The van der Waals surface area contributed by atoms with Crippen LogP contribution < -0.4 is 5.32 Å². The molecule has 3 fully saturated rings. The molecule has 1 N–H and O–H groups in total. The lowest BCUT2D eigenvalue weighted by atomic mass is 9.76. The van der Waals surface area contributed by atoms with E-state index in [-0.39, 0.29) is 0 Å². The van der Waals surface area contributed by atoms with Gasteiger partial charge in [-0.25, -0.2) is 0 Å². The molecule has 2 saturated carbocycles. The van der Waals surface area contributed by atoms with Crippen molar-refractivity contribution in [2.75, 3.05) is 31.6 Å². The molecule has 0 amide bonds. The van der Waals surface area contributed by atoms with Crippen molar-refractivity contribution in [1.82, 2.24) is 10.2 Å². The van der Waals surface area contributed by atoms with E-state index in [1.165, 1.54) is 89.6 Å². The third-order valence-electron chi connectivity index (χ3n) is 6.08. The highest BCUT2D eigenvalue weighted by molar-refractivity contribution is 7.98. The Morgan fingerprint density at radius 3 is 2.40 bits per heavy atom. The summed E-state index contributed by atoms with van der Waals surface area (Å²) in [4.78, 5) is 2.93. The summed E-state index contributed by atoms with van der Waals surface area (Å²) in [5.74, 6) is 1.33. The Morgan fingerprint density at radius 2 is 1.70 bits per heavy atom. The average molecular weight is 297 g/mol. The van der Waals surface area contributed by atoms with Crippen molar-refractivity contribution in [2.45, 2.75) is 75.3 Å². The lowest BCUT2D eigenvalue weighted by Crippen LogP contribution is -2.69. The maximum Gasteiger partial charge on any atom is 0.0334 e. The molecule has 0 radical (unpaired) electrons. The summed E-state index contributed by atoms with van der Waals surface area (Å²) in [5.41, 5.74) is 1.01. The van der Waals surface area contributed by atoms with Crippen molar-refractivity contribution in [1.29, 1.82) is 0 Å². The molecule has 0 bridgehead atoms. The van der Waals surface area contributed by atoms with Crippen molar-refractivity contribution in [3.8, 4) is 0 Å². The van der Waals surface area contributed by atoms with Crippen LogP contribution >= 0.6 is 11.8 Å². The van der Waals surface area contributed by atoms with Crippen LogP contribution in [0.2, 0.25) is 0 Å². The van der Waals surface area contributed by atoms with Crippen LogP contribution in [-0.4, -0.2) is 47.6 Å². The van der Waals surface area contributed by atoms with Crippen molar-refractivity contribution in [3.05, 3.63) is 0 Å². The second-order valence-corrected chi connectivity index (χ2v) is 8.38. The molecule has 20 heavy (non-hydrogen) atoms. The van der Waals surface area contributed by atoms with Crippen LogP contribution in [0.25, 0.3) is 0 Å². The number of nitrogens with one attached hydrogen (secondary N) is 1. The number of nitrogens with zero attached hydrogens (tertiary/aromatic N) is 1. The van der Waals surface area contributed by atoms with E-state index in [1.54, 1.807) is 0 Å². The zero-order valence-electron chi connectivity index (χ0n) is 13.3. The summed E-state index contributed by atoms with van der Waals surface area (Å²) >= 11 is 2.01. The highest BCUT2D eigenvalue weighted by Gasteiger charge is 2.48. The molecular formula is C17H32N2S. The third kappa shape index (κ3) is 3.05. The van der Waals surface area contributed by atoms with Crippen LogP contribution in [0.1, 0.15) is 64.2 Å². The van der Waals surface area contributed by atoms with Gasteiger partial charge in [-0.3, -0.25) is 4.90 Å². The quantitative estimate of drug-likeness (QED) is 0.797. The number of piperazine rings is 1. The second kappa shape index (κ2) is 6.58. The van der Waals surface area contributed by atoms with Crippen molar-refractivity contribution >= 4 is 11.8 Å². The molecule has 3 aliphatic rings. The molecule has 3 rings (SSSR count). The first kappa shape index (κ1) is 15.2. The van der Waals surface area contributed by atoms with Gasteiger partial charge in [0.05, 0.1) is 0 Å². The summed E-state index contributed by atoms with van der Waals surface area (Å²) in [6.45, 7) is 3.94. The van der Waals surface area contributed by atoms with E-state index in [2.05, 4.69) is 16.5 Å². The molecule has 0 atom stereocenters. The number of rotatable bonds is 4. The first-order chi connectivity index (χ1) is 9.79. The Hall–Kier alpha value is 0.270. The van der Waals surface area contributed by atoms with Gasteiger partial charge in [-0.05, 0) is 50.7 Å². The van der Waals surface area contributed by atoms with E-state index in [9.17, 15) is 0 Å². The Bertz CT molecular complexity index is 306. The smallest absolute Gasteiger partial charge is 0.0334 e. The van der Waals surface area contributed by atoms with Gasteiger partial charge < -0.3 is 5.32 Å². The van der Waals surface area contributed by atoms with Crippen LogP contribution in [0.15, 0.2) is 0 Å². The van der Waals surface area contributed by atoms with Gasteiger partial charge in [-0.2, -0.15) is 11.8 Å². The Morgan fingerprint density at radius 1 is 1.00 bits per heavy atom. The molecule has 1 saturated heterocycles. The first-order valence-electron chi connectivity index (χ1n) is 8.78. The fraction of sp³-hybridized carbons (Fsp3) is 1.00. The van der Waals surface area contributed by atoms with E-state index < -0.39 is 0 Å². The van der Waals surface area contributed by atoms with Gasteiger partial charge in [0.1, 0.15) is 0 Å². The van der Waals surface area contributed by atoms with E-state index in [0.717, 1.165) is 0 Å². The molecule has 116 valence electrons. The normalized spacial score (nSPS) is 29.2. The van der Waals surface area contributed by atoms with Gasteiger partial charge in [0, 0.05) is 24.2 Å². The lowest BCUT2D eigenvalue weighted by Gasteiger charge is -2.55. The Balaban J connectivity index is 1.68. The Labute approximate surface area is 129 Å². The van der Waals surface area contributed by atoms with Crippen molar-refractivity contribution in [3.63, 3.8) is 0 Å². The summed E-state index contributed by atoms with van der Waals surface area (Å²) in [5, 5.41) is 4.04. The average Bonchev–Trinajstić information content (AvgIpc) is 2.94. The molecule has 1 heterocycles.